The molecule has 31 heavy (non-hydrogen) atoms. The summed E-state index contributed by atoms with van der Waals surface area (Å²) in [4.78, 5) is 12.7. The average Bonchev–Trinajstić information content (AvgIpc) is 3.06. The SMILES string of the molecule is COc1cc2ccccc2cc1C(=O)N/N=C\c1cc(C)n(-c2ccccc2F)c1C. The molecule has 1 N–H and O–H groups in total. The largest absolute Gasteiger partial charge is 0.496 e. The molecule has 3 aromatic carbocycles. The Balaban J connectivity index is 1.58. The molecule has 4 aromatic rings. The highest BCUT2D eigenvalue weighted by atomic mass is 19.1. The van der Waals surface area contributed by atoms with E-state index in [0.29, 0.717) is 17.0 Å². The fourth-order valence-electron chi connectivity index (χ4n) is 3.71. The van der Waals surface area contributed by atoms with Crippen LogP contribution in [0.1, 0.15) is 27.3 Å². The van der Waals surface area contributed by atoms with Gasteiger partial charge in [0.05, 0.1) is 24.6 Å². The van der Waals surface area contributed by atoms with E-state index in [0.717, 1.165) is 27.7 Å². The second-order valence-corrected chi connectivity index (χ2v) is 7.21. The second kappa shape index (κ2) is 8.44. The van der Waals surface area contributed by atoms with Crippen molar-refractivity contribution in [3.63, 3.8) is 0 Å². The molecule has 0 atom stereocenters. The lowest BCUT2D eigenvalue weighted by molar-refractivity contribution is 0.0952. The Morgan fingerprint density at radius 1 is 1.03 bits per heavy atom. The first-order valence-electron chi connectivity index (χ1n) is 9.83. The molecule has 0 saturated carbocycles. The van der Waals surface area contributed by atoms with Gasteiger partial charge in [-0.3, -0.25) is 4.79 Å². The van der Waals surface area contributed by atoms with E-state index in [9.17, 15) is 9.18 Å². The number of benzene rings is 3. The van der Waals surface area contributed by atoms with Gasteiger partial charge in [-0.15, -0.1) is 0 Å². The smallest absolute Gasteiger partial charge is 0.275 e. The van der Waals surface area contributed by atoms with Crippen LogP contribution in [0.5, 0.6) is 5.75 Å². The van der Waals surface area contributed by atoms with Crippen LogP contribution in [0.25, 0.3) is 16.5 Å². The van der Waals surface area contributed by atoms with Crippen LogP contribution in [0.15, 0.2) is 71.8 Å². The number of fused-ring (bicyclic) bond motifs is 1. The maximum absolute atomic E-state index is 14.2. The van der Waals surface area contributed by atoms with E-state index in [1.165, 1.54) is 13.2 Å². The van der Waals surface area contributed by atoms with Crippen molar-refractivity contribution in [2.24, 2.45) is 5.10 Å². The Morgan fingerprint density at radius 3 is 2.42 bits per heavy atom. The minimum Gasteiger partial charge on any atom is -0.496 e. The van der Waals surface area contributed by atoms with Crippen LogP contribution in [0.4, 0.5) is 4.39 Å². The van der Waals surface area contributed by atoms with Gasteiger partial charge in [-0.05, 0) is 55.0 Å². The summed E-state index contributed by atoms with van der Waals surface area (Å²) >= 11 is 0. The van der Waals surface area contributed by atoms with Crippen molar-refractivity contribution in [3.8, 4) is 11.4 Å². The van der Waals surface area contributed by atoms with Gasteiger partial charge in [0.25, 0.3) is 5.91 Å². The first-order valence-corrected chi connectivity index (χ1v) is 9.83. The molecule has 0 saturated heterocycles. The Morgan fingerprint density at radius 2 is 1.71 bits per heavy atom. The number of aryl methyl sites for hydroxylation is 1. The first kappa shape index (κ1) is 20.3. The predicted molar refractivity (Wildman–Crippen MR) is 121 cm³/mol. The summed E-state index contributed by atoms with van der Waals surface area (Å²) in [5, 5.41) is 6.04. The number of hydrogen-bond acceptors (Lipinski definition) is 3. The molecule has 1 heterocycles. The summed E-state index contributed by atoms with van der Waals surface area (Å²) < 4.78 is 21.5. The molecule has 0 aliphatic rings. The molecule has 0 aliphatic heterocycles. The van der Waals surface area contributed by atoms with Crippen molar-refractivity contribution in [1.82, 2.24) is 9.99 Å². The number of carbonyl (C=O) groups excluding carboxylic acids is 1. The molecule has 1 aromatic heterocycles. The Hall–Kier alpha value is -3.93. The van der Waals surface area contributed by atoms with E-state index < -0.39 is 0 Å². The number of methoxy groups -OCH3 is 1. The maximum atomic E-state index is 14.2. The van der Waals surface area contributed by atoms with Crippen LogP contribution < -0.4 is 10.2 Å². The minimum atomic E-state index is -0.373. The zero-order valence-corrected chi connectivity index (χ0v) is 17.5. The standard InChI is InChI=1S/C25H22FN3O2/c1-16-12-20(17(2)29(16)23-11-7-6-10-22(23)26)15-27-28-25(30)21-13-18-8-4-5-9-19(18)14-24(21)31-3/h4-15H,1-3H3,(H,28,30)/b27-15-. The van der Waals surface area contributed by atoms with Gasteiger partial charge in [0.15, 0.2) is 0 Å². The number of carbonyl (C=O) groups is 1. The van der Waals surface area contributed by atoms with Crippen LogP contribution in [0.3, 0.4) is 0 Å². The summed E-state index contributed by atoms with van der Waals surface area (Å²) in [6, 6.07) is 19.9. The van der Waals surface area contributed by atoms with Crippen LogP contribution in [0.2, 0.25) is 0 Å². The van der Waals surface area contributed by atoms with Crippen molar-refractivity contribution in [2.45, 2.75) is 13.8 Å². The van der Waals surface area contributed by atoms with E-state index in [1.54, 1.807) is 30.5 Å². The topological polar surface area (TPSA) is 55.6 Å². The fourth-order valence-corrected chi connectivity index (χ4v) is 3.71. The van der Waals surface area contributed by atoms with Gasteiger partial charge in [0.2, 0.25) is 0 Å². The number of halogens is 1. The Kier molecular flexibility index (Phi) is 5.54. The molecule has 1 amide bonds. The normalized spacial score (nSPS) is 11.2. The highest BCUT2D eigenvalue weighted by Gasteiger charge is 2.14. The summed E-state index contributed by atoms with van der Waals surface area (Å²) in [6.45, 7) is 3.78. The lowest BCUT2D eigenvalue weighted by atomic mass is 10.1. The van der Waals surface area contributed by atoms with Crippen LogP contribution in [-0.4, -0.2) is 23.8 Å². The summed E-state index contributed by atoms with van der Waals surface area (Å²) in [5.74, 6) is -0.199. The van der Waals surface area contributed by atoms with Gasteiger partial charge in [-0.2, -0.15) is 5.10 Å². The molecule has 0 radical (unpaired) electrons. The van der Waals surface area contributed by atoms with E-state index in [1.807, 2.05) is 54.8 Å². The molecule has 0 unspecified atom stereocenters. The van der Waals surface area contributed by atoms with Crippen LogP contribution >= 0.6 is 0 Å². The van der Waals surface area contributed by atoms with E-state index in [2.05, 4.69) is 10.5 Å². The number of aromatic nitrogens is 1. The van der Waals surface area contributed by atoms with Crippen LogP contribution in [0, 0.1) is 19.7 Å². The second-order valence-electron chi connectivity index (χ2n) is 7.21. The number of para-hydroxylation sites is 1. The maximum Gasteiger partial charge on any atom is 0.275 e. The van der Waals surface area contributed by atoms with Gasteiger partial charge >= 0.3 is 0 Å². The highest BCUT2D eigenvalue weighted by Crippen LogP contribution is 2.26. The number of hydrazone groups is 1. The van der Waals surface area contributed by atoms with Crippen molar-refractivity contribution >= 4 is 22.9 Å². The summed E-state index contributed by atoms with van der Waals surface area (Å²) in [7, 11) is 1.53. The van der Waals surface area contributed by atoms with Crippen molar-refractivity contribution in [2.75, 3.05) is 7.11 Å². The van der Waals surface area contributed by atoms with Crippen molar-refractivity contribution in [1.29, 1.82) is 0 Å². The number of amides is 1. The predicted octanol–water partition coefficient (Wildman–Crippen LogP) is 5.16. The number of nitrogens with zero attached hydrogens (tertiary/aromatic N) is 2. The third kappa shape index (κ3) is 3.92. The molecule has 4 rings (SSSR count). The van der Waals surface area contributed by atoms with Gasteiger partial charge < -0.3 is 9.30 Å². The number of ether oxygens (including phenoxy) is 1. The molecular formula is C25H22FN3O2. The van der Waals surface area contributed by atoms with Crippen LogP contribution in [-0.2, 0) is 0 Å². The Labute approximate surface area is 179 Å². The first-order chi connectivity index (χ1) is 15.0. The van der Waals surface area contributed by atoms with Gasteiger partial charge in [0.1, 0.15) is 11.6 Å². The molecule has 0 spiro atoms. The summed E-state index contributed by atoms with van der Waals surface area (Å²) in [6.07, 6.45) is 1.56. The lowest BCUT2D eigenvalue weighted by Crippen LogP contribution is -2.18. The number of rotatable bonds is 5. The van der Waals surface area contributed by atoms with E-state index >= 15 is 0 Å². The Bertz CT molecular complexity index is 1310. The fraction of sp³-hybridized carbons (Fsp3) is 0.120. The highest BCUT2D eigenvalue weighted by molar-refractivity contribution is 6.02. The quantitative estimate of drug-likeness (QED) is 0.362. The molecule has 0 aliphatic carbocycles. The zero-order valence-electron chi connectivity index (χ0n) is 17.5. The monoisotopic (exact) mass is 415 g/mol. The zero-order chi connectivity index (χ0) is 22.0. The number of nitrogens with one attached hydrogen (secondary N) is 1. The lowest BCUT2D eigenvalue weighted by Gasteiger charge is -2.10. The van der Waals surface area contributed by atoms with Gasteiger partial charge in [-0.1, -0.05) is 36.4 Å². The molecule has 6 heteroatoms. The molecular weight excluding hydrogens is 393 g/mol. The van der Waals surface area contributed by atoms with Gasteiger partial charge in [-0.25, -0.2) is 9.82 Å². The van der Waals surface area contributed by atoms with E-state index in [4.69, 9.17) is 4.74 Å². The van der Waals surface area contributed by atoms with Gasteiger partial charge in [0, 0.05) is 17.0 Å². The van der Waals surface area contributed by atoms with Crippen molar-refractivity contribution in [3.05, 3.63) is 95.1 Å². The molecule has 156 valence electrons. The third-order valence-corrected chi connectivity index (χ3v) is 5.25. The minimum absolute atomic E-state index is 0.301. The molecule has 0 fully saturated rings. The summed E-state index contributed by atoms with van der Waals surface area (Å²) in [5.41, 5.74) is 5.91. The molecule has 0 bridgehead atoms. The number of hydrogen-bond donors (Lipinski definition) is 1. The average molecular weight is 415 g/mol. The van der Waals surface area contributed by atoms with E-state index in [-0.39, 0.29) is 11.7 Å². The molecule has 5 nitrogen and oxygen atoms in total. The van der Waals surface area contributed by atoms with Crippen molar-refractivity contribution < 1.29 is 13.9 Å². The third-order valence-electron chi connectivity index (χ3n) is 5.25.